The van der Waals surface area contributed by atoms with Crippen molar-refractivity contribution in [2.45, 2.75) is 24.4 Å². The Bertz CT molecular complexity index is 1190. The molecule has 10 nitrogen and oxygen atoms in total. The van der Waals surface area contributed by atoms with Crippen molar-refractivity contribution in [3.8, 4) is 11.1 Å². The smallest absolute Gasteiger partial charge is 0.358 e. The number of benzene rings is 1. The predicted molar refractivity (Wildman–Crippen MR) is 116 cm³/mol. The molecular formula is C20H20N8O2S. The van der Waals surface area contributed by atoms with Crippen LogP contribution in [0, 0.1) is 0 Å². The molecule has 0 aliphatic heterocycles. The molecule has 0 amide bonds. The summed E-state index contributed by atoms with van der Waals surface area (Å²) in [6.45, 7) is 2.13. The number of H-pyrrole nitrogens is 1. The standard InChI is InChI=1S/C20H20N8O2S/c1-3-14-4-6-15(7-5-14)16-10-21-24-18(16)11-23-28-12-22-25-20(28)31-13-27-9-8-17(26-27)19(29)30-2/h4-12H,3,13H2,1-2H3,(H,21,24). The predicted octanol–water partition coefficient (Wildman–Crippen LogP) is 2.85. The van der Waals surface area contributed by atoms with Gasteiger partial charge in [0.15, 0.2) is 5.69 Å². The lowest BCUT2D eigenvalue weighted by molar-refractivity contribution is 0.0593. The Morgan fingerprint density at radius 2 is 2.13 bits per heavy atom. The van der Waals surface area contributed by atoms with Gasteiger partial charge in [-0.15, -0.1) is 10.2 Å². The summed E-state index contributed by atoms with van der Waals surface area (Å²) in [5.74, 6) is -0.0409. The molecule has 0 aliphatic carbocycles. The molecule has 1 N–H and O–H groups in total. The Kier molecular flexibility index (Phi) is 6.22. The Labute approximate surface area is 182 Å². The number of methoxy groups -OCH3 is 1. The molecule has 1 aromatic carbocycles. The largest absolute Gasteiger partial charge is 0.464 e. The van der Waals surface area contributed by atoms with E-state index in [1.54, 1.807) is 34.0 Å². The normalized spacial score (nSPS) is 11.3. The van der Waals surface area contributed by atoms with Crippen molar-refractivity contribution < 1.29 is 9.53 Å². The van der Waals surface area contributed by atoms with Gasteiger partial charge in [0.2, 0.25) is 5.16 Å². The fourth-order valence-electron chi connectivity index (χ4n) is 2.83. The first kappa shape index (κ1) is 20.5. The molecule has 31 heavy (non-hydrogen) atoms. The van der Waals surface area contributed by atoms with Crippen molar-refractivity contribution in [2.24, 2.45) is 5.10 Å². The lowest BCUT2D eigenvalue weighted by Gasteiger charge is -2.03. The Morgan fingerprint density at radius 1 is 1.29 bits per heavy atom. The first-order valence-electron chi connectivity index (χ1n) is 9.49. The van der Waals surface area contributed by atoms with Crippen LogP contribution in [0.3, 0.4) is 0 Å². The number of carbonyl (C=O) groups is 1. The monoisotopic (exact) mass is 436 g/mol. The second-order valence-electron chi connectivity index (χ2n) is 6.46. The molecule has 3 aromatic heterocycles. The van der Waals surface area contributed by atoms with Gasteiger partial charge >= 0.3 is 5.97 Å². The van der Waals surface area contributed by atoms with E-state index in [9.17, 15) is 4.79 Å². The zero-order valence-electron chi connectivity index (χ0n) is 17.0. The molecule has 4 rings (SSSR count). The highest BCUT2D eigenvalue weighted by atomic mass is 32.2. The van der Waals surface area contributed by atoms with Crippen molar-refractivity contribution in [1.82, 2.24) is 34.9 Å². The van der Waals surface area contributed by atoms with E-state index in [0.29, 0.717) is 11.0 Å². The van der Waals surface area contributed by atoms with Crippen LogP contribution >= 0.6 is 11.8 Å². The molecule has 0 bridgehead atoms. The van der Waals surface area contributed by atoms with Crippen molar-refractivity contribution in [3.63, 3.8) is 0 Å². The topological polar surface area (TPSA) is 116 Å². The molecule has 158 valence electrons. The van der Waals surface area contributed by atoms with Crippen LogP contribution in [-0.4, -0.2) is 54.1 Å². The number of carbonyl (C=O) groups excluding carboxylic acids is 1. The number of hydrogen-bond acceptors (Lipinski definition) is 8. The van der Waals surface area contributed by atoms with Crippen LogP contribution in [0.15, 0.2) is 59.3 Å². The highest BCUT2D eigenvalue weighted by Crippen LogP contribution is 2.22. The number of aromatic nitrogens is 7. The fraction of sp³-hybridized carbons (Fsp3) is 0.200. The second kappa shape index (κ2) is 9.39. The molecule has 0 aliphatic rings. The van der Waals surface area contributed by atoms with E-state index in [-0.39, 0.29) is 5.69 Å². The third kappa shape index (κ3) is 4.72. The van der Waals surface area contributed by atoms with Gasteiger partial charge in [-0.25, -0.2) is 4.79 Å². The fourth-order valence-corrected chi connectivity index (χ4v) is 3.55. The number of ether oxygens (including phenoxy) is 1. The van der Waals surface area contributed by atoms with Gasteiger partial charge in [0.05, 0.1) is 31.1 Å². The van der Waals surface area contributed by atoms with E-state index in [1.807, 2.05) is 0 Å². The summed E-state index contributed by atoms with van der Waals surface area (Å²) in [6.07, 6.45) is 7.68. The van der Waals surface area contributed by atoms with Crippen LogP contribution in [0.2, 0.25) is 0 Å². The maximum atomic E-state index is 11.5. The summed E-state index contributed by atoms with van der Waals surface area (Å²) in [5.41, 5.74) is 4.33. The minimum atomic E-state index is -0.476. The van der Waals surface area contributed by atoms with Crippen LogP contribution in [0.1, 0.15) is 28.7 Å². The van der Waals surface area contributed by atoms with Crippen LogP contribution in [0.25, 0.3) is 11.1 Å². The number of rotatable bonds is 8. The van der Waals surface area contributed by atoms with Crippen molar-refractivity contribution in [3.05, 3.63) is 66.0 Å². The van der Waals surface area contributed by atoms with Crippen molar-refractivity contribution in [1.29, 1.82) is 0 Å². The molecule has 0 saturated carbocycles. The Hall–Kier alpha value is -3.73. The van der Waals surface area contributed by atoms with Gasteiger partial charge in [-0.2, -0.15) is 20.0 Å². The Balaban J connectivity index is 1.45. The first-order valence-corrected chi connectivity index (χ1v) is 10.5. The summed E-state index contributed by atoms with van der Waals surface area (Å²) in [7, 11) is 1.32. The van der Waals surface area contributed by atoms with Gasteiger partial charge < -0.3 is 4.74 Å². The molecule has 0 fully saturated rings. The highest BCUT2D eigenvalue weighted by Gasteiger charge is 2.11. The van der Waals surface area contributed by atoms with E-state index >= 15 is 0 Å². The van der Waals surface area contributed by atoms with Crippen LogP contribution in [0.5, 0.6) is 0 Å². The zero-order valence-corrected chi connectivity index (χ0v) is 17.8. The van der Waals surface area contributed by atoms with Crippen LogP contribution in [0.4, 0.5) is 0 Å². The third-order valence-electron chi connectivity index (χ3n) is 4.51. The van der Waals surface area contributed by atoms with Crippen molar-refractivity contribution >= 4 is 23.9 Å². The molecule has 0 radical (unpaired) electrons. The zero-order chi connectivity index (χ0) is 21.6. The number of aromatic amines is 1. The van der Waals surface area contributed by atoms with Gasteiger partial charge in [-0.05, 0) is 23.6 Å². The quantitative estimate of drug-likeness (QED) is 0.256. The van der Waals surface area contributed by atoms with Crippen LogP contribution < -0.4 is 0 Å². The Morgan fingerprint density at radius 3 is 2.90 bits per heavy atom. The van der Waals surface area contributed by atoms with E-state index in [1.165, 1.54) is 30.8 Å². The van der Waals surface area contributed by atoms with E-state index < -0.39 is 5.97 Å². The minimum Gasteiger partial charge on any atom is -0.464 e. The molecule has 4 aromatic rings. The number of hydrogen-bond donors (Lipinski definition) is 1. The molecule has 0 atom stereocenters. The maximum Gasteiger partial charge on any atom is 0.358 e. The second-order valence-corrected chi connectivity index (χ2v) is 7.37. The number of nitrogens with zero attached hydrogens (tertiary/aromatic N) is 7. The maximum absolute atomic E-state index is 11.5. The van der Waals surface area contributed by atoms with Crippen molar-refractivity contribution in [2.75, 3.05) is 7.11 Å². The first-order chi connectivity index (χ1) is 15.2. The number of aryl methyl sites for hydroxylation is 1. The lowest BCUT2D eigenvalue weighted by atomic mass is 10.0. The highest BCUT2D eigenvalue weighted by molar-refractivity contribution is 7.98. The van der Waals surface area contributed by atoms with Gasteiger partial charge in [-0.3, -0.25) is 9.78 Å². The van der Waals surface area contributed by atoms with Gasteiger partial charge in [0.1, 0.15) is 6.33 Å². The summed E-state index contributed by atoms with van der Waals surface area (Å²) < 4.78 is 7.85. The molecule has 3 heterocycles. The van der Waals surface area contributed by atoms with Gasteiger partial charge in [0.25, 0.3) is 0 Å². The molecule has 0 unspecified atom stereocenters. The summed E-state index contributed by atoms with van der Waals surface area (Å²) in [5, 5.41) is 24.4. The van der Waals surface area contributed by atoms with E-state index in [2.05, 4.69) is 66.5 Å². The average molecular weight is 437 g/mol. The number of thioether (sulfide) groups is 1. The molecule has 11 heteroatoms. The minimum absolute atomic E-state index is 0.251. The lowest BCUT2D eigenvalue weighted by Crippen LogP contribution is -2.04. The molecule has 0 saturated heterocycles. The van der Waals surface area contributed by atoms with Gasteiger partial charge in [-0.1, -0.05) is 43.0 Å². The molecular weight excluding hydrogens is 416 g/mol. The van der Waals surface area contributed by atoms with E-state index in [4.69, 9.17) is 0 Å². The molecule has 0 spiro atoms. The summed E-state index contributed by atoms with van der Waals surface area (Å²) in [4.78, 5) is 11.5. The average Bonchev–Trinajstić information content (AvgIpc) is 3.56. The van der Waals surface area contributed by atoms with Gasteiger partial charge in [0, 0.05) is 11.8 Å². The summed E-state index contributed by atoms with van der Waals surface area (Å²) in [6, 6.07) is 9.97. The number of nitrogens with one attached hydrogen (secondary N) is 1. The number of esters is 1. The van der Waals surface area contributed by atoms with E-state index in [0.717, 1.165) is 23.2 Å². The SMILES string of the molecule is CCc1ccc(-c2cn[nH]c2C=Nn2cnnc2SCn2ccc(C(=O)OC)n2)cc1. The summed E-state index contributed by atoms with van der Waals surface area (Å²) >= 11 is 1.38. The van der Waals surface area contributed by atoms with Crippen LogP contribution in [-0.2, 0) is 17.0 Å². The third-order valence-corrected chi connectivity index (χ3v) is 5.44.